The second-order valence-electron chi connectivity index (χ2n) is 7.52. The fraction of sp³-hybridized carbons (Fsp3) is 0.269. The van der Waals surface area contributed by atoms with Gasteiger partial charge in [-0.2, -0.15) is 0 Å². The molecule has 0 aliphatic heterocycles. The monoisotopic (exact) mass is 482 g/mol. The van der Waals surface area contributed by atoms with Crippen LogP contribution < -0.4 is 14.2 Å². The summed E-state index contributed by atoms with van der Waals surface area (Å²) in [5.74, 6) is 2.19. The van der Waals surface area contributed by atoms with Gasteiger partial charge < -0.3 is 14.2 Å². The summed E-state index contributed by atoms with van der Waals surface area (Å²) in [4.78, 5) is 12.1. The van der Waals surface area contributed by atoms with Gasteiger partial charge in [-0.25, -0.2) is 0 Å². The number of carbonyl (C=O) groups excluding carboxylic acids is 1. The van der Waals surface area contributed by atoms with Gasteiger partial charge in [0.25, 0.3) is 0 Å². The van der Waals surface area contributed by atoms with E-state index in [0.717, 1.165) is 21.5 Å². The molecule has 0 spiro atoms. The van der Waals surface area contributed by atoms with E-state index >= 15 is 0 Å². The highest BCUT2D eigenvalue weighted by Crippen LogP contribution is 2.29. The Morgan fingerprint density at radius 1 is 0.903 bits per heavy atom. The third-order valence-corrected chi connectivity index (χ3v) is 5.33. The predicted octanol–water partition coefficient (Wildman–Crippen LogP) is 6.92. The Hall–Kier alpha value is -2.79. The van der Waals surface area contributed by atoms with Gasteiger partial charge in [0.2, 0.25) is 0 Å². The van der Waals surface area contributed by atoms with Crippen LogP contribution in [0.5, 0.6) is 17.2 Å². The Bertz CT molecular complexity index is 968. The molecule has 0 aliphatic rings. The molecule has 0 bridgehead atoms. The van der Waals surface area contributed by atoms with Crippen molar-refractivity contribution < 1.29 is 19.0 Å². The summed E-state index contributed by atoms with van der Waals surface area (Å²) in [6.07, 6.45) is 0.865. The molecule has 0 N–H and O–H groups in total. The molecule has 3 rings (SSSR count). The number of halogens is 1. The van der Waals surface area contributed by atoms with Crippen molar-refractivity contribution in [2.45, 2.75) is 39.2 Å². The first-order valence-electron chi connectivity index (χ1n) is 10.4. The van der Waals surface area contributed by atoms with Crippen molar-refractivity contribution in [1.82, 2.24) is 0 Å². The summed E-state index contributed by atoms with van der Waals surface area (Å²) < 4.78 is 17.8. The van der Waals surface area contributed by atoms with Crippen LogP contribution in [0.1, 0.15) is 43.7 Å². The van der Waals surface area contributed by atoms with Gasteiger partial charge in [0.05, 0.1) is 11.1 Å². The zero-order chi connectivity index (χ0) is 22.1. The van der Waals surface area contributed by atoms with E-state index in [-0.39, 0.29) is 12.4 Å². The number of esters is 1. The molecule has 3 aromatic rings. The molecule has 0 atom stereocenters. The van der Waals surface area contributed by atoms with E-state index in [1.54, 1.807) is 24.3 Å². The van der Waals surface area contributed by atoms with Crippen molar-refractivity contribution in [3.63, 3.8) is 0 Å². The molecule has 0 unspecified atom stereocenters. The molecule has 0 aromatic heterocycles. The van der Waals surface area contributed by atoms with Crippen LogP contribution >= 0.6 is 15.9 Å². The second kappa shape index (κ2) is 11.6. The number of rotatable bonds is 10. The zero-order valence-corrected chi connectivity index (χ0v) is 19.4. The Labute approximate surface area is 192 Å². The first kappa shape index (κ1) is 22.9. The normalized spacial score (nSPS) is 10.7. The van der Waals surface area contributed by atoms with Crippen LogP contribution in [0, 0.1) is 0 Å². The molecule has 3 aromatic carbocycles. The molecule has 4 nitrogen and oxygen atoms in total. The van der Waals surface area contributed by atoms with E-state index in [0.29, 0.717) is 31.3 Å². The Kier molecular flexibility index (Phi) is 8.53. The van der Waals surface area contributed by atoms with Gasteiger partial charge >= 0.3 is 5.97 Å². The van der Waals surface area contributed by atoms with Crippen molar-refractivity contribution in [1.29, 1.82) is 0 Å². The maximum absolute atomic E-state index is 12.1. The number of ether oxygens (including phenoxy) is 3. The molecule has 0 heterocycles. The highest BCUT2D eigenvalue weighted by molar-refractivity contribution is 9.10. The predicted molar refractivity (Wildman–Crippen MR) is 126 cm³/mol. The molecular formula is C26H27BrO4. The Balaban J connectivity index is 1.37. The lowest BCUT2D eigenvalue weighted by molar-refractivity contribution is -0.134. The van der Waals surface area contributed by atoms with Crippen molar-refractivity contribution in [3.8, 4) is 17.2 Å². The van der Waals surface area contributed by atoms with Crippen LogP contribution in [0.2, 0.25) is 0 Å². The standard InChI is InChI=1S/C26H27BrO4/c1-19(2)21-10-15-25(24(27)17-21)29-16-6-9-26(28)31-23-13-11-22(12-14-23)30-18-20-7-4-3-5-8-20/h3-5,7-8,10-15,17,19H,6,9,16,18H2,1-2H3. The molecule has 0 aliphatic carbocycles. The van der Waals surface area contributed by atoms with Gasteiger partial charge in [0, 0.05) is 6.42 Å². The number of hydrogen-bond donors (Lipinski definition) is 0. The topological polar surface area (TPSA) is 44.8 Å². The fourth-order valence-electron chi connectivity index (χ4n) is 2.92. The highest BCUT2D eigenvalue weighted by atomic mass is 79.9. The summed E-state index contributed by atoms with van der Waals surface area (Å²) in [5.41, 5.74) is 2.35. The SMILES string of the molecule is CC(C)c1ccc(OCCCC(=O)Oc2ccc(OCc3ccccc3)cc2)c(Br)c1. The molecule has 0 amide bonds. The Morgan fingerprint density at radius 3 is 2.29 bits per heavy atom. The lowest BCUT2D eigenvalue weighted by Gasteiger charge is -2.11. The maximum atomic E-state index is 12.1. The lowest BCUT2D eigenvalue weighted by Crippen LogP contribution is -2.10. The second-order valence-corrected chi connectivity index (χ2v) is 8.37. The minimum atomic E-state index is -0.282. The summed E-state index contributed by atoms with van der Waals surface area (Å²) in [7, 11) is 0. The van der Waals surface area contributed by atoms with Gasteiger partial charge in [-0.15, -0.1) is 0 Å². The van der Waals surface area contributed by atoms with E-state index in [4.69, 9.17) is 14.2 Å². The summed E-state index contributed by atoms with van der Waals surface area (Å²) >= 11 is 3.54. The summed E-state index contributed by atoms with van der Waals surface area (Å²) in [6, 6.07) is 23.1. The van der Waals surface area contributed by atoms with E-state index in [1.807, 2.05) is 36.4 Å². The molecule has 162 valence electrons. The van der Waals surface area contributed by atoms with Gasteiger partial charge in [-0.3, -0.25) is 4.79 Å². The van der Waals surface area contributed by atoms with Gasteiger partial charge in [0.1, 0.15) is 23.9 Å². The highest BCUT2D eigenvalue weighted by Gasteiger charge is 2.08. The van der Waals surface area contributed by atoms with E-state index in [9.17, 15) is 4.79 Å². The van der Waals surface area contributed by atoms with Gasteiger partial charge in [0.15, 0.2) is 0 Å². The van der Waals surface area contributed by atoms with Gasteiger partial charge in [-0.1, -0.05) is 50.2 Å². The van der Waals surface area contributed by atoms with E-state index < -0.39 is 0 Å². The third kappa shape index (κ3) is 7.44. The molecule has 0 saturated heterocycles. The van der Waals surface area contributed by atoms with Crippen molar-refractivity contribution in [2.75, 3.05) is 6.61 Å². The van der Waals surface area contributed by atoms with E-state index in [1.165, 1.54) is 5.56 Å². The fourth-order valence-corrected chi connectivity index (χ4v) is 3.43. The molecular weight excluding hydrogens is 456 g/mol. The van der Waals surface area contributed by atoms with Crippen LogP contribution in [0.4, 0.5) is 0 Å². The van der Waals surface area contributed by atoms with E-state index in [2.05, 4.69) is 41.9 Å². The average molecular weight is 483 g/mol. The Morgan fingerprint density at radius 2 is 1.61 bits per heavy atom. The lowest BCUT2D eigenvalue weighted by atomic mass is 10.0. The molecule has 0 saturated carbocycles. The molecule has 31 heavy (non-hydrogen) atoms. The van der Waals surface area contributed by atoms with Crippen LogP contribution in [0.3, 0.4) is 0 Å². The molecule has 0 fully saturated rings. The summed E-state index contributed by atoms with van der Waals surface area (Å²) in [5, 5.41) is 0. The quantitative estimate of drug-likeness (QED) is 0.179. The largest absolute Gasteiger partial charge is 0.492 e. The third-order valence-electron chi connectivity index (χ3n) is 4.71. The van der Waals surface area contributed by atoms with Crippen LogP contribution in [0.15, 0.2) is 77.3 Å². The zero-order valence-electron chi connectivity index (χ0n) is 17.8. The van der Waals surface area contributed by atoms with Gasteiger partial charge in [-0.05, 0) is 75.8 Å². The minimum absolute atomic E-state index is 0.282. The number of hydrogen-bond acceptors (Lipinski definition) is 4. The van der Waals surface area contributed by atoms with Crippen molar-refractivity contribution in [3.05, 3.63) is 88.4 Å². The van der Waals surface area contributed by atoms with Crippen LogP contribution in [-0.2, 0) is 11.4 Å². The minimum Gasteiger partial charge on any atom is -0.492 e. The van der Waals surface area contributed by atoms with Crippen molar-refractivity contribution >= 4 is 21.9 Å². The average Bonchev–Trinajstić information content (AvgIpc) is 2.77. The number of benzene rings is 3. The number of carbonyl (C=O) groups is 1. The smallest absolute Gasteiger partial charge is 0.311 e. The van der Waals surface area contributed by atoms with Crippen LogP contribution in [0.25, 0.3) is 0 Å². The maximum Gasteiger partial charge on any atom is 0.311 e. The van der Waals surface area contributed by atoms with Crippen molar-refractivity contribution in [2.24, 2.45) is 0 Å². The summed E-state index contributed by atoms with van der Waals surface area (Å²) in [6.45, 7) is 5.25. The first-order chi connectivity index (χ1) is 15.0. The molecule has 5 heteroatoms. The molecule has 0 radical (unpaired) electrons. The first-order valence-corrected chi connectivity index (χ1v) is 11.2. The van der Waals surface area contributed by atoms with Crippen LogP contribution in [-0.4, -0.2) is 12.6 Å².